The van der Waals surface area contributed by atoms with Crippen molar-refractivity contribution in [3.63, 3.8) is 0 Å². The van der Waals surface area contributed by atoms with E-state index < -0.39 is 66.3 Å². The van der Waals surface area contributed by atoms with Crippen molar-refractivity contribution < 1.29 is 48.1 Å². The van der Waals surface area contributed by atoms with Gasteiger partial charge in [0.1, 0.15) is 30.8 Å². The molecule has 0 bridgehead atoms. The van der Waals surface area contributed by atoms with Crippen LogP contribution in [0.5, 0.6) is 0 Å². The van der Waals surface area contributed by atoms with Crippen LogP contribution in [-0.4, -0.2) is 89.0 Å². The van der Waals surface area contributed by atoms with Crippen LogP contribution in [0, 0.1) is 0 Å². The third kappa shape index (κ3) is 26.2. The van der Waals surface area contributed by atoms with Gasteiger partial charge in [-0.25, -0.2) is 0 Å². The number of hydrogen-bond donors (Lipinski definition) is 5. The van der Waals surface area contributed by atoms with E-state index in [0.717, 1.165) is 19.3 Å². The Morgan fingerprint density at radius 2 is 1.24 bits per heavy atom. The van der Waals surface area contributed by atoms with Gasteiger partial charge in [0.05, 0.1) is 0 Å². The Balaban J connectivity index is 5.04. The van der Waals surface area contributed by atoms with Crippen molar-refractivity contribution in [2.75, 3.05) is 18.1 Å². The Labute approximate surface area is 295 Å². The number of nitrogens with two attached hydrogens (primary N) is 1. The molecule has 0 saturated carbocycles. The first kappa shape index (κ1) is 45.6. The van der Waals surface area contributed by atoms with Crippen LogP contribution in [0.25, 0.3) is 0 Å². The lowest BCUT2D eigenvalue weighted by molar-refractivity contribution is -0.154. The van der Waals surface area contributed by atoms with Gasteiger partial charge in [-0.3, -0.25) is 33.6 Å². The Morgan fingerprint density at radius 3 is 1.73 bits per heavy atom. The Bertz CT molecular complexity index is 1030. The van der Waals surface area contributed by atoms with Gasteiger partial charge in [-0.2, -0.15) is 11.8 Å². The van der Waals surface area contributed by atoms with E-state index in [2.05, 4.69) is 22.9 Å². The normalized spacial score (nSPS) is 13.3. The maximum atomic E-state index is 13.2. The highest BCUT2D eigenvalue weighted by molar-refractivity contribution is 7.99. The fraction of sp³-hybridized carbons (Fsp3) is 0.794. The molecule has 0 rings (SSSR count). The van der Waals surface area contributed by atoms with Crippen LogP contribution >= 0.6 is 11.8 Å². The van der Waals surface area contributed by atoms with Gasteiger partial charge in [0.25, 0.3) is 0 Å². The van der Waals surface area contributed by atoms with Gasteiger partial charge in [0.15, 0.2) is 0 Å². The average Bonchev–Trinajstić information content (AvgIpc) is 3.02. The first-order chi connectivity index (χ1) is 23.3. The van der Waals surface area contributed by atoms with E-state index in [1.54, 1.807) is 0 Å². The number of primary amides is 1. The molecule has 0 spiro atoms. The molecule has 282 valence electrons. The zero-order valence-corrected chi connectivity index (χ0v) is 30.7. The summed E-state index contributed by atoms with van der Waals surface area (Å²) in [5.41, 5.74) is 5.29. The molecular formula is C34H60N4O10S. The van der Waals surface area contributed by atoms with Crippen LogP contribution in [0.4, 0.5) is 0 Å². The molecule has 6 N–H and O–H groups in total. The monoisotopic (exact) mass is 716 g/mol. The third-order valence-electron chi connectivity index (χ3n) is 7.61. The molecule has 0 saturated heterocycles. The van der Waals surface area contributed by atoms with Crippen molar-refractivity contribution in [3.8, 4) is 0 Å². The molecule has 0 aliphatic rings. The minimum absolute atomic E-state index is 0.0465. The number of carboxylic acid groups (broad SMARTS) is 1. The summed E-state index contributed by atoms with van der Waals surface area (Å²) in [6.07, 6.45) is 14.0. The smallest absolute Gasteiger partial charge is 0.303 e. The van der Waals surface area contributed by atoms with Gasteiger partial charge >= 0.3 is 17.9 Å². The predicted octanol–water partition coefficient (Wildman–Crippen LogP) is 3.52. The summed E-state index contributed by atoms with van der Waals surface area (Å²) in [6, 6.07) is -3.47. The van der Waals surface area contributed by atoms with Crippen LogP contribution in [0.3, 0.4) is 0 Å². The number of thioether (sulfide) groups is 1. The van der Waals surface area contributed by atoms with Crippen molar-refractivity contribution >= 4 is 53.3 Å². The summed E-state index contributed by atoms with van der Waals surface area (Å²) in [4.78, 5) is 84.1. The molecule has 1 unspecified atom stereocenters. The molecule has 0 aromatic rings. The molecule has 4 atom stereocenters. The molecule has 49 heavy (non-hydrogen) atoms. The predicted molar refractivity (Wildman–Crippen MR) is 187 cm³/mol. The zero-order chi connectivity index (χ0) is 37.0. The summed E-state index contributed by atoms with van der Waals surface area (Å²) in [5.74, 6) is -4.76. The summed E-state index contributed by atoms with van der Waals surface area (Å²) in [5, 5.41) is 16.5. The Kier molecular flexibility index (Phi) is 26.5. The van der Waals surface area contributed by atoms with Gasteiger partial charge < -0.3 is 36.3 Å². The van der Waals surface area contributed by atoms with Gasteiger partial charge in [0.2, 0.25) is 23.6 Å². The van der Waals surface area contributed by atoms with E-state index in [9.17, 15) is 33.6 Å². The summed E-state index contributed by atoms with van der Waals surface area (Å²) < 4.78 is 10.1. The van der Waals surface area contributed by atoms with Gasteiger partial charge in [0, 0.05) is 38.2 Å². The van der Waals surface area contributed by atoms with E-state index in [-0.39, 0.29) is 36.9 Å². The van der Waals surface area contributed by atoms with Crippen molar-refractivity contribution in [1.82, 2.24) is 16.0 Å². The van der Waals surface area contributed by atoms with Gasteiger partial charge in [-0.05, 0) is 19.8 Å². The number of aliphatic carboxylic acids is 1. The van der Waals surface area contributed by atoms with Crippen LogP contribution in [0.2, 0.25) is 0 Å². The second-order valence-electron chi connectivity index (χ2n) is 12.3. The van der Waals surface area contributed by atoms with E-state index in [0.29, 0.717) is 6.42 Å². The molecule has 0 aliphatic carbocycles. The largest absolute Gasteiger partial charge is 0.481 e. The van der Waals surface area contributed by atoms with E-state index in [1.165, 1.54) is 90.3 Å². The highest BCUT2D eigenvalue weighted by Crippen LogP contribution is 2.14. The zero-order valence-electron chi connectivity index (χ0n) is 29.9. The van der Waals surface area contributed by atoms with Crippen molar-refractivity contribution in [2.45, 2.75) is 155 Å². The number of carbonyl (C=O) groups excluding carboxylic acids is 6. The van der Waals surface area contributed by atoms with Crippen molar-refractivity contribution in [1.29, 1.82) is 0 Å². The lowest BCUT2D eigenvalue weighted by Gasteiger charge is -2.23. The Morgan fingerprint density at radius 1 is 0.694 bits per heavy atom. The molecule has 0 aromatic heterocycles. The van der Waals surface area contributed by atoms with Gasteiger partial charge in [-0.1, -0.05) is 84.0 Å². The molecule has 0 aliphatic heterocycles. The number of unbranched alkanes of at least 4 members (excludes halogenated alkanes) is 12. The minimum atomic E-state index is -1.25. The van der Waals surface area contributed by atoms with Crippen LogP contribution in [-0.2, 0) is 43.0 Å². The van der Waals surface area contributed by atoms with Crippen LogP contribution < -0.4 is 21.7 Å². The fourth-order valence-electron chi connectivity index (χ4n) is 4.86. The number of esters is 2. The van der Waals surface area contributed by atoms with E-state index in [1.807, 2.05) is 0 Å². The molecule has 4 amide bonds. The van der Waals surface area contributed by atoms with Crippen molar-refractivity contribution in [2.24, 2.45) is 5.73 Å². The molecular weight excluding hydrogens is 656 g/mol. The molecule has 14 nitrogen and oxygen atoms in total. The van der Waals surface area contributed by atoms with E-state index >= 15 is 0 Å². The second-order valence-corrected chi connectivity index (χ2v) is 13.4. The summed E-state index contributed by atoms with van der Waals surface area (Å²) in [6.45, 7) is 5.86. The first-order valence-electron chi connectivity index (χ1n) is 17.6. The fourth-order valence-corrected chi connectivity index (χ4v) is 5.89. The van der Waals surface area contributed by atoms with Crippen LogP contribution in [0.15, 0.2) is 0 Å². The van der Waals surface area contributed by atoms with Crippen LogP contribution in [0.1, 0.15) is 130 Å². The number of rotatable bonds is 30. The molecule has 0 aromatic carbocycles. The van der Waals surface area contributed by atoms with E-state index in [4.69, 9.17) is 20.3 Å². The first-order valence-corrected chi connectivity index (χ1v) is 18.7. The van der Waals surface area contributed by atoms with Gasteiger partial charge in [-0.15, -0.1) is 0 Å². The maximum Gasteiger partial charge on any atom is 0.303 e. The summed E-state index contributed by atoms with van der Waals surface area (Å²) >= 11 is 1.18. The molecule has 0 heterocycles. The minimum Gasteiger partial charge on any atom is -0.481 e. The number of carbonyl (C=O) groups is 7. The number of nitrogens with one attached hydrogen (secondary N) is 3. The topological polar surface area (TPSA) is 220 Å². The number of carboxylic acids is 1. The third-order valence-corrected chi connectivity index (χ3v) is 8.79. The highest BCUT2D eigenvalue weighted by Gasteiger charge is 2.27. The maximum absolute atomic E-state index is 13.2. The number of ether oxygens (including phenoxy) is 2. The highest BCUT2D eigenvalue weighted by atomic mass is 32.2. The average molecular weight is 717 g/mol. The molecule has 15 heteroatoms. The second kappa shape index (κ2) is 28.5. The lowest BCUT2D eigenvalue weighted by atomic mass is 10.0. The Hall–Kier alpha value is -3.36. The standard InChI is InChI=1S/C34H60N4O10S/c1-5-6-7-8-9-10-11-12-13-14-15-16-17-18-30(41)37-29(23-49-22-27(48-26(4)40)21-47-25(3)39)34(46)36-24(2)33(45)38-28(32(35)44)19-20-31(42)43/h24,27-29H,5-23H2,1-4H3,(H2,35,44)(H,36,46)(H,37,41)(H,38,45)(H,42,43)/t24?,27-,28-,29+/m1/s1. The number of amides is 4. The van der Waals surface area contributed by atoms with Crippen molar-refractivity contribution in [3.05, 3.63) is 0 Å². The summed E-state index contributed by atoms with van der Waals surface area (Å²) in [7, 11) is 0. The molecule has 0 fully saturated rings. The SMILES string of the molecule is CCCCCCCCCCCCCCCC(=O)N[C@@H](CSC[C@@H](COC(C)=O)OC(C)=O)C(=O)NC(C)C(=O)N[C@H](CCC(=O)O)C(N)=O. The molecule has 0 radical (unpaired) electrons. The lowest BCUT2D eigenvalue weighted by Crippen LogP contribution is -2.56. The number of hydrogen-bond acceptors (Lipinski definition) is 10. The quantitative estimate of drug-likeness (QED) is 0.0535.